The minimum Gasteiger partial charge on any atom is -0.366 e. The first-order valence-corrected chi connectivity index (χ1v) is 10.5. The molecule has 32 heavy (non-hydrogen) atoms. The van der Waals surface area contributed by atoms with Gasteiger partial charge in [-0.2, -0.15) is 0 Å². The molecule has 1 aromatic heterocycles. The van der Waals surface area contributed by atoms with E-state index in [9.17, 15) is 19.3 Å². The molecule has 0 aliphatic carbocycles. The summed E-state index contributed by atoms with van der Waals surface area (Å²) in [5, 5.41) is 14.2. The first-order valence-electron chi connectivity index (χ1n) is 10.5. The van der Waals surface area contributed by atoms with E-state index in [1.54, 1.807) is 54.2 Å². The maximum absolute atomic E-state index is 14.6. The van der Waals surface area contributed by atoms with Crippen molar-refractivity contribution in [2.75, 3.05) is 18.0 Å². The zero-order chi connectivity index (χ0) is 22.7. The molecule has 4 rings (SSSR count). The zero-order valence-corrected chi connectivity index (χ0v) is 17.7. The molecule has 0 radical (unpaired) electrons. The van der Waals surface area contributed by atoms with Crippen molar-refractivity contribution in [1.82, 2.24) is 14.9 Å². The van der Waals surface area contributed by atoms with Crippen LogP contribution >= 0.6 is 0 Å². The molecular formula is C23H24FN5O3. The molecule has 0 atom stereocenters. The van der Waals surface area contributed by atoms with Crippen LogP contribution in [0.4, 0.5) is 15.8 Å². The van der Waals surface area contributed by atoms with E-state index in [-0.39, 0.29) is 34.8 Å². The van der Waals surface area contributed by atoms with Crippen LogP contribution in [0.25, 0.3) is 5.69 Å². The maximum Gasteiger partial charge on any atom is 0.292 e. The number of piperidine rings is 1. The Labute approximate surface area is 184 Å². The summed E-state index contributed by atoms with van der Waals surface area (Å²) in [6, 6.07) is 11.5. The number of aromatic nitrogens is 2. The Balaban J connectivity index is 1.33. The van der Waals surface area contributed by atoms with Crippen LogP contribution in [-0.2, 0) is 11.3 Å². The summed E-state index contributed by atoms with van der Waals surface area (Å²) in [7, 11) is 0. The average molecular weight is 437 g/mol. The molecule has 8 nitrogen and oxygen atoms in total. The minimum absolute atomic E-state index is 0.0757. The smallest absolute Gasteiger partial charge is 0.292 e. The van der Waals surface area contributed by atoms with Crippen LogP contribution in [0.5, 0.6) is 0 Å². The third kappa shape index (κ3) is 4.46. The Morgan fingerprint density at radius 1 is 1.22 bits per heavy atom. The number of para-hydroxylation sites is 2. The van der Waals surface area contributed by atoms with E-state index in [2.05, 4.69) is 10.3 Å². The molecule has 1 aliphatic rings. The van der Waals surface area contributed by atoms with E-state index in [4.69, 9.17) is 0 Å². The Morgan fingerprint density at radius 2 is 1.97 bits per heavy atom. The van der Waals surface area contributed by atoms with Gasteiger partial charge in [0.25, 0.3) is 5.69 Å². The average Bonchev–Trinajstić information content (AvgIpc) is 3.23. The number of carbonyl (C=O) groups excluding carboxylic acids is 1. The second-order valence-electron chi connectivity index (χ2n) is 7.86. The van der Waals surface area contributed by atoms with E-state index < -0.39 is 0 Å². The molecule has 0 bridgehead atoms. The van der Waals surface area contributed by atoms with Gasteiger partial charge in [0, 0.05) is 44.0 Å². The molecule has 1 amide bonds. The molecule has 2 aromatic carbocycles. The lowest BCUT2D eigenvalue weighted by atomic mass is 9.95. The first kappa shape index (κ1) is 21.5. The number of rotatable bonds is 6. The number of nitrogens with one attached hydrogen (secondary N) is 1. The van der Waals surface area contributed by atoms with E-state index >= 15 is 0 Å². The molecule has 166 valence electrons. The zero-order valence-electron chi connectivity index (χ0n) is 17.7. The van der Waals surface area contributed by atoms with Gasteiger partial charge in [-0.1, -0.05) is 18.2 Å². The Hall–Kier alpha value is -3.75. The molecule has 1 fully saturated rings. The van der Waals surface area contributed by atoms with Crippen molar-refractivity contribution in [3.63, 3.8) is 0 Å². The van der Waals surface area contributed by atoms with Crippen LogP contribution in [0.2, 0.25) is 0 Å². The summed E-state index contributed by atoms with van der Waals surface area (Å²) in [6.07, 6.45) is 4.52. The van der Waals surface area contributed by atoms with Gasteiger partial charge in [-0.15, -0.1) is 0 Å². The van der Waals surface area contributed by atoms with Crippen LogP contribution in [0.3, 0.4) is 0 Å². The van der Waals surface area contributed by atoms with Gasteiger partial charge in [0.1, 0.15) is 17.3 Å². The predicted molar refractivity (Wildman–Crippen MR) is 118 cm³/mol. The highest BCUT2D eigenvalue weighted by molar-refractivity contribution is 5.79. The fraction of sp³-hybridized carbons (Fsp3) is 0.304. The van der Waals surface area contributed by atoms with Crippen molar-refractivity contribution in [3.05, 3.63) is 82.2 Å². The molecule has 9 heteroatoms. The highest BCUT2D eigenvalue weighted by atomic mass is 19.1. The van der Waals surface area contributed by atoms with E-state index in [0.717, 1.165) is 0 Å². The van der Waals surface area contributed by atoms with E-state index in [1.165, 1.54) is 12.1 Å². The first-order chi connectivity index (χ1) is 15.4. The summed E-state index contributed by atoms with van der Waals surface area (Å²) in [4.78, 5) is 29.6. The number of hydrogen-bond donors (Lipinski definition) is 1. The van der Waals surface area contributed by atoms with Crippen LogP contribution in [0, 0.1) is 28.8 Å². The Morgan fingerprint density at radius 3 is 2.62 bits per heavy atom. The largest absolute Gasteiger partial charge is 0.366 e. The van der Waals surface area contributed by atoms with Crippen LogP contribution in [0.15, 0.2) is 54.9 Å². The minimum atomic E-state index is -0.382. The lowest BCUT2D eigenvalue weighted by Crippen LogP contribution is -2.40. The van der Waals surface area contributed by atoms with Gasteiger partial charge in [0.2, 0.25) is 5.91 Å². The van der Waals surface area contributed by atoms with Crippen LogP contribution in [0.1, 0.15) is 24.2 Å². The molecule has 0 spiro atoms. The molecule has 0 saturated carbocycles. The topological polar surface area (TPSA) is 93.3 Å². The number of aryl methyl sites for hydroxylation is 1. The van der Waals surface area contributed by atoms with Gasteiger partial charge in [0.15, 0.2) is 0 Å². The van der Waals surface area contributed by atoms with Crippen molar-refractivity contribution in [3.8, 4) is 5.69 Å². The molecule has 1 aliphatic heterocycles. The number of nitrogens with zero attached hydrogens (tertiary/aromatic N) is 4. The van der Waals surface area contributed by atoms with Gasteiger partial charge < -0.3 is 14.8 Å². The highest BCUT2D eigenvalue weighted by Crippen LogP contribution is 2.31. The molecule has 1 saturated heterocycles. The number of hydrogen-bond acceptors (Lipinski definition) is 5. The fourth-order valence-corrected chi connectivity index (χ4v) is 4.09. The molecule has 0 unspecified atom stereocenters. The summed E-state index contributed by atoms with van der Waals surface area (Å²) in [5.74, 6) is 0.0571. The third-order valence-electron chi connectivity index (χ3n) is 5.85. The highest BCUT2D eigenvalue weighted by Gasteiger charge is 2.28. The van der Waals surface area contributed by atoms with E-state index in [0.29, 0.717) is 48.7 Å². The number of nitro groups is 1. The van der Waals surface area contributed by atoms with E-state index in [1.807, 2.05) is 4.90 Å². The number of nitro benzene ring substituents is 1. The predicted octanol–water partition coefficient (Wildman–Crippen LogP) is 3.76. The van der Waals surface area contributed by atoms with Crippen molar-refractivity contribution in [2.45, 2.75) is 26.3 Å². The second kappa shape index (κ2) is 9.17. The normalized spacial score (nSPS) is 14.4. The molecule has 3 aromatic rings. The standard InChI is InChI=1S/C23H24FN5O3/c1-16-25-10-13-28(16)20-7-6-17(14-19(20)24)15-26-23(30)18-8-11-27(12-9-18)21-4-2-3-5-22(21)29(31)32/h2-7,10,13-14,18H,8-9,11-12,15H2,1H3,(H,26,30). The summed E-state index contributed by atoms with van der Waals surface area (Å²) >= 11 is 0. The fourth-order valence-electron chi connectivity index (χ4n) is 4.09. The number of anilines is 1. The monoisotopic (exact) mass is 437 g/mol. The molecule has 1 N–H and O–H groups in total. The SMILES string of the molecule is Cc1nccn1-c1ccc(CNC(=O)C2CCN(c3ccccc3[N+](=O)[O-])CC2)cc1F. The van der Waals surface area contributed by atoms with Crippen molar-refractivity contribution >= 4 is 17.3 Å². The number of carbonyl (C=O) groups is 1. The van der Waals surface area contributed by atoms with Gasteiger partial charge in [-0.25, -0.2) is 9.37 Å². The summed E-state index contributed by atoms with van der Waals surface area (Å²) in [6.45, 7) is 3.17. The maximum atomic E-state index is 14.6. The second-order valence-corrected chi connectivity index (χ2v) is 7.86. The number of halogens is 1. The van der Waals surface area contributed by atoms with Crippen molar-refractivity contribution in [2.24, 2.45) is 5.92 Å². The quantitative estimate of drug-likeness (QED) is 0.468. The van der Waals surface area contributed by atoms with Gasteiger partial charge in [-0.3, -0.25) is 14.9 Å². The third-order valence-corrected chi connectivity index (χ3v) is 5.85. The number of amides is 1. The Bertz CT molecular complexity index is 1140. The number of imidazole rings is 1. The van der Waals surface area contributed by atoms with Crippen LogP contribution < -0.4 is 10.2 Å². The molecule has 2 heterocycles. The molecular weight excluding hydrogens is 413 g/mol. The lowest BCUT2D eigenvalue weighted by molar-refractivity contribution is -0.384. The Kier molecular flexibility index (Phi) is 6.16. The van der Waals surface area contributed by atoms with Gasteiger partial charge >= 0.3 is 0 Å². The van der Waals surface area contributed by atoms with Crippen molar-refractivity contribution < 1.29 is 14.1 Å². The van der Waals surface area contributed by atoms with Crippen molar-refractivity contribution in [1.29, 1.82) is 0 Å². The van der Waals surface area contributed by atoms with Crippen LogP contribution in [-0.4, -0.2) is 33.5 Å². The summed E-state index contributed by atoms with van der Waals surface area (Å²) in [5.41, 5.74) is 1.75. The number of benzene rings is 2. The van der Waals surface area contributed by atoms with Gasteiger partial charge in [-0.05, 0) is 43.5 Å². The summed E-state index contributed by atoms with van der Waals surface area (Å²) < 4.78 is 16.2. The van der Waals surface area contributed by atoms with Gasteiger partial charge in [0.05, 0.1) is 10.6 Å². The lowest BCUT2D eigenvalue weighted by Gasteiger charge is -2.32.